The Bertz CT molecular complexity index is 843. The quantitative estimate of drug-likeness (QED) is 0.805. The average molecular weight is 322 g/mol. The summed E-state index contributed by atoms with van der Waals surface area (Å²) in [5.41, 5.74) is 0.861. The van der Waals surface area contributed by atoms with E-state index in [0.717, 1.165) is 6.07 Å². The van der Waals surface area contributed by atoms with Crippen molar-refractivity contribution in [2.24, 2.45) is 0 Å². The predicted octanol–water partition coefficient (Wildman–Crippen LogP) is 3.20. The molecule has 2 aromatic heterocycles. The van der Waals surface area contributed by atoms with Crippen molar-refractivity contribution >= 4 is 23.2 Å². The second kappa shape index (κ2) is 5.73. The maximum atomic E-state index is 13.6. The largest absolute Gasteiger partial charge is 0.346 e. The molecule has 0 atom stereocenters. The van der Waals surface area contributed by atoms with E-state index in [1.807, 2.05) is 0 Å². The lowest BCUT2D eigenvalue weighted by Gasteiger charge is -2.06. The molecule has 0 bridgehead atoms. The molecule has 0 unspecified atom stereocenters. The molecule has 0 saturated heterocycles. The normalized spacial score (nSPS) is 10.9. The van der Waals surface area contributed by atoms with Crippen LogP contribution in [0.1, 0.15) is 16.1 Å². The molecule has 22 heavy (non-hydrogen) atoms. The van der Waals surface area contributed by atoms with E-state index in [0.29, 0.717) is 11.3 Å². The number of nitrogens with zero attached hydrogens (tertiary/aromatic N) is 2. The van der Waals surface area contributed by atoms with Gasteiger partial charge in [-0.2, -0.15) is 0 Å². The number of hydrogen-bond donors (Lipinski definition) is 1. The van der Waals surface area contributed by atoms with Crippen molar-refractivity contribution in [2.75, 3.05) is 0 Å². The second-order valence-electron chi connectivity index (χ2n) is 4.62. The molecule has 3 aromatic rings. The van der Waals surface area contributed by atoms with Crippen LogP contribution < -0.4 is 5.32 Å². The highest BCUT2D eigenvalue weighted by Gasteiger charge is 2.15. The van der Waals surface area contributed by atoms with Crippen molar-refractivity contribution in [3.05, 3.63) is 70.6 Å². The standard InChI is InChI=1S/C15H10ClF2N3O/c16-11-2-1-3-12(18)14(11)15(22)19-6-10-8-21-7-9(17)4-5-13(21)20-10/h1-5,7-8H,6H2,(H,19,22). The first-order valence-electron chi connectivity index (χ1n) is 6.40. The fraction of sp³-hybridized carbons (Fsp3) is 0.0667. The smallest absolute Gasteiger partial charge is 0.256 e. The van der Waals surface area contributed by atoms with Gasteiger partial charge in [-0.25, -0.2) is 13.8 Å². The number of hydrogen-bond acceptors (Lipinski definition) is 2. The molecule has 0 radical (unpaired) electrons. The van der Waals surface area contributed by atoms with Crippen LogP contribution in [0, 0.1) is 11.6 Å². The van der Waals surface area contributed by atoms with Gasteiger partial charge < -0.3 is 9.72 Å². The van der Waals surface area contributed by atoms with Crippen molar-refractivity contribution in [3.8, 4) is 0 Å². The number of amides is 1. The van der Waals surface area contributed by atoms with Crippen molar-refractivity contribution in [1.82, 2.24) is 14.7 Å². The maximum Gasteiger partial charge on any atom is 0.256 e. The molecule has 1 N–H and O–H groups in total. The monoisotopic (exact) mass is 321 g/mol. The average Bonchev–Trinajstić information content (AvgIpc) is 2.87. The van der Waals surface area contributed by atoms with Gasteiger partial charge in [0.05, 0.1) is 22.8 Å². The van der Waals surface area contributed by atoms with Crippen LogP contribution in [0.25, 0.3) is 5.65 Å². The topological polar surface area (TPSA) is 46.4 Å². The molecule has 0 spiro atoms. The highest BCUT2D eigenvalue weighted by molar-refractivity contribution is 6.33. The van der Waals surface area contributed by atoms with Crippen molar-refractivity contribution < 1.29 is 13.6 Å². The first-order valence-corrected chi connectivity index (χ1v) is 6.78. The lowest BCUT2D eigenvalue weighted by molar-refractivity contribution is 0.0946. The summed E-state index contributed by atoms with van der Waals surface area (Å²) in [6.45, 7) is 0.0762. The van der Waals surface area contributed by atoms with Crippen molar-refractivity contribution in [2.45, 2.75) is 6.54 Å². The van der Waals surface area contributed by atoms with Gasteiger partial charge in [-0.05, 0) is 24.3 Å². The van der Waals surface area contributed by atoms with Gasteiger partial charge in [-0.1, -0.05) is 17.7 Å². The van der Waals surface area contributed by atoms with E-state index in [-0.39, 0.29) is 17.1 Å². The van der Waals surface area contributed by atoms with E-state index in [9.17, 15) is 13.6 Å². The molecule has 1 aromatic carbocycles. The van der Waals surface area contributed by atoms with Crippen LogP contribution in [0.4, 0.5) is 8.78 Å². The Balaban J connectivity index is 1.77. The lowest BCUT2D eigenvalue weighted by Crippen LogP contribution is -2.24. The van der Waals surface area contributed by atoms with E-state index < -0.39 is 17.5 Å². The molecule has 1 amide bonds. The minimum absolute atomic E-state index is 0.0366. The molecule has 0 fully saturated rings. The molecule has 4 nitrogen and oxygen atoms in total. The number of benzene rings is 1. The Kier molecular flexibility index (Phi) is 3.77. The molecular formula is C15H10ClF2N3O. The highest BCUT2D eigenvalue weighted by atomic mass is 35.5. The van der Waals surface area contributed by atoms with Gasteiger partial charge in [0.1, 0.15) is 17.3 Å². The summed E-state index contributed by atoms with van der Waals surface area (Å²) in [5, 5.41) is 2.58. The van der Waals surface area contributed by atoms with Gasteiger partial charge in [0.2, 0.25) is 0 Å². The second-order valence-corrected chi connectivity index (χ2v) is 5.03. The molecule has 0 aliphatic rings. The molecule has 112 valence electrons. The third-order valence-corrected chi connectivity index (χ3v) is 3.40. The molecule has 2 heterocycles. The molecule has 3 rings (SSSR count). The lowest BCUT2D eigenvalue weighted by atomic mass is 10.2. The van der Waals surface area contributed by atoms with Crippen molar-refractivity contribution in [1.29, 1.82) is 0 Å². The Morgan fingerprint density at radius 3 is 2.82 bits per heavy atom. The van der Waals surface area contributed by atoms with Gasteiger partial charge in [-0.15, -0.1) is 0 Å². The Morgan fingerprint density at radius 2 is 2.05 bits per heavy atom. The van der Waals surface area contributed by atoms with Crippen LogP contribution >= 0.6 is 11.6 Å². The Hall–Kier alpha value is -2.47. The number of nitrogens with one attached hydrogen (secondary N) is 1. The summed E-state index contributed by atoms with van der Waals surface area (Å²) in [5.74, 6) is -1.72. The first-order chi connectivity index (χ1) is 10.5. The molecular weight excluding hydrogens is 312 g/mol. The number of fused-ring (bicyclic) bond motifs is 1. The van der Waals surface area contributed by atoms with E-state index >= 15 is 0 Å². The minimum atomic E-state index is -0.693. The van der Waals surface area contributed by atoms with Crippen LogP contribution in [-0.4, -0.2) is 15.3 Å². The first kappa shape index (κ1) is 14.5. The molecule has 0 aliphatic carbocycles. The van der Waals surface area contributed by atoms with Crippen LogP contribution in [-0.2, 0) is 6.54 Å². The summed E-state index contributed by atoms with van der Waals surface area (Å²) < 4.78 is 28.2. The number of rotatable bonds is 3. The summed E-state index contributed by atoms with van der Waals surface area (Å²) in [6.07, 6.45) is 2.86. The van der Waals surface area contributed by atoms with Crippen LogP contribution in [0.3, 0.4) is 0 Å². The van der Waals surface area contributed by atoms with E-state index in [1.54, 1.807) is 6.20 Å². The summed E-state index contributed by atoms with van der Waals surface area (Å²) in [4.78, 5) is 16.2. The molecule has 0 saturated carbocycles. The van der Waals surface area contributed by atoms with E-state index in [1.165, 1.54) is 34.9 Å². The van der Waals surface area contributed by atoms with Gasteiger partial charge in [-0.3, -0.25) is 4.79 Å². The number of aromatic nitrogens is 2. The SMILES string of the molecule is O=C(NCc1cn2cc(F)ccc2n1)c1c(F)cccc1Cl. The zero-order chi connectivity index (χ0) is 15.7. The van der Waals surface area contributed by atoms with Crippen LogP contribution in [0.2, 0.25) is 5.02 Å². The summed E-state index contributed by atoms with van der Waals surface area (Å²) in [7, 11) is 0. The number of carbonyl (C=O) groups is 1. The highest BCUT2D eigenvalue weighted by Crippen LogP contribution is 2.18. The Morgan fingerprint density at radius 1 is 1.23 bits per heavy atom. The fourth-order valence-corrected chi connectivity index (χ4v) is 2.33. The maximum absolute atomic E-state index is 13.6. The summed E-state index contributed by atoms with van der Waals surface area (Å²) in [6, 6.07) is 6.84. The molecule has 0 aliphatic heterocycles. The number of pyridine rings is 1. The van der Waals surface area contributed by atoms with Crippen LogP contribution in [0.15, 0.2) is 42.7 Å². The van der Waals surface area contributed by atoms with Crippen molar-refractivity contribution in [3.63, 3.8) is 0 Å². The van der Waals surface area contributed by atoms with Gasteiger partial charge in [0, 0.05) is 12.4 Å². The van der Waals surface area contributed by atoms with Gasteiger partial charge in [0.25, 0.3) is 5.91 Å². The number of carbonyl (C=O) groups excluding carboxylic acids is 1. The van der Waals surface area contributed by atoms with E-state index in [4.69, 9.17) is 11.6 Å². The minimum Gasteiger partial charge on any atom is -0.346 e. The zero-order valence-electron chi connectivity index (χ0n) is 11.2. The third kappa shape index (κ3) is 2.78. The van der Waals surface area contributed by atoms with E-state index in [2.05, 4.69) is 10.3 Å². The predicted molar refractivity (Wildman–Crippen MR) is 77.7 cm³/mol. The third-order valence-electron chi connectivity index (χ3n) is 3.08. The summed E-state index contributed by atoms with van der Waals surface area (Å²) >= 11 is 5.83. The van der Waals surface area contributed by atoms with Gasteiger partial charge in [0.15, 0.2) is 0 Å². The Labute approximate surface area is 129 Å². The van der Waals surface area contributed by atoms with Gasteiger partial charge >= 0.3 is 0 Å². The fourth-order valence-electron chi connectivity index (χ4n) is 2.08. The van der Waals surface area contributed by atoms with Crippen LogP contribution in [0.5, 0.6) is 0 Å². The number of halogens is 3. The number of imidazole rings is 1. The molecule has 7 heteroatoms. The zero-order valence-corrected chi connectivity index (χ0v) is 11.9.